The molecule has 9 N–H and O–H groups in total. The van der Waals surface area contributed by atoms with Crippen LogP contribution in [0.4, 0.5) is 79.6 Å². The van der Waals surface area contributed by atoms with Crippen molar-refractivity contribution in [3.8, 4) is 33.4 Å². The van der Waals surface area contributed by atoms with E-state index in [4.69, 9.17) is 41.6 Å². The van der Waals surface area contributed by atoms with E-state index in [2.05, 4.69) is 36.3 Å². The number of carbonyl (C=O) groups is 3. The average Bonchev–Trinajstić information content (AvgIpc) is 1.63. The number of aryl methyl sites for hydroxylation is 3. The lowest BCUT2D eigenvalue weighted by Crippen LogP contribution is -2.40. The summed E-state index contributed by atoms with van der Waals surface area (Å²) in [6, 6.07) is 8.02. The highest BCUT2D eigenvalue weighted by Crippen LogP contribution is 2.42. The molecule has 2 atom stereocenters. The molecule has 9 aromatic rings. The quantitative estimate of drug-likeness (QED) is 0.0552. The third kappa shape index (κ3) is 14.2. The summed E-state index contributed by atoms with van der Waals surface area (Å²) in [5.41, 5.74) is 23.6. The summed E-state index contributed by atoms with van der Waals surface area (Å²) in [5.74, 6) is -0.632. The number of nitrogens with one attached hydrogen (secondary N) is 3. The summed E-state index contributed by atoms with van der Waals surface area (Å²) in [5, 5.41) is 35.2. The van der Waals surface area contributed by atoms with Gasteiger partial charge in [0, 0.05) is 167 Å². The Morgan fingerprint density at radius 1 is 0.470 bits per heavy atom. The lowest BCUT2D eigenvalue weighted by Gasteiger charge is -2.29. The smallest absolute Gasteiger partial charge is 0.315 e. The first kappa shape index (κ1) is 68.1. The van der Waals surface area contributed by atoms with Gasteiger partial charge < -0.3 is 62.1 Å². The van der Waals surface area contributed by atoms with Gasteiger partial charge in [0.05, 0.1) is 86.6 Å². The van der Waals surface area contributed by atoms with Crippen LogP contribution in [-0.4, -0.2) is 151 Å². The molecule has 0 aliphatic carbocycles. The maximum absolute atomic E-state index is 15.2. The molecular formula is C66H74F7N21O6. The largest absolute Gasteiger partial charge is 0.381 e. The summed E-state index contributed by atoms with van der Waals surface area (Å²) in [7, 11) is 5.13. The number of primary amides is 3. The van der Waals surface area contributed by atoms with Crippen molar-refractivity contribution in [1.29, 1.82) is 0 Å². The molecule has 0 spiro atoms. The molecule has 6 aromatic heterocycles. The number of ether oxygens (including phenoxy) is 3. The number of nitrogens with zero attached hydrogens (tertiary/aromatic N) is 15. The first-order valence-electron chi connectivity index (χ1n) is 32.6. The summed E-state index contributed by atoms with van der Waals surface area (Å²) in [6.07, 6.45) is 8.71. The zero-order valence-electron chi connectivity index (χ0n) is 54.9. The van der Waals surface area contributed by atoms with E-state index < -0.39 is 48.4 Å². The predicted octanol–water partition coefficient (Wildman–Crippen LogP) is 9.96. The van der Waals surface area contributed by atoms with Gasteiger partial charge in [0.1, 0.15) is 17.5 Å². The second kappa shape index (κ2) is 28.8. The van der Waals surface area contributed by atoms with E-state index in [0.29, 0.717) is 130 Å². The predicted molar refractivity (Wildman–Crippen MR) is 351 cm³/mol. The molecule has 3 fully saturated rings. The Balaban J connectivity index is 0.000000135. The summed E-state index contributed by atoms with van der Waals surface area (Å²) >= 11 is 0. The van der Waals surface area contributed by atoms with Crippen LogP contribution in [0.5, 0.6) is 0 Å². The van der Waals surface area contributed by atoms with Gasteiger partial charge in [-0.2, -0.15) is 30.6 Å². The summed E-state index contributed by atoms with van der Waals surface area (Å²) in [6.45, 7) is 5.77. The van der Waals surface area contributed by atoms with Crippen molar-refractivity contribution < 1.29 is 59.3 Å². The summed E-state index contributed by atoms with van der Waals surface area (Å²) in [4.78, 5) is 39.9. The fourth-order valence-corrected chi connectivity index (χ4v) is 13.6. The van der Waals surface area contributed by atoms with Crippen LogP contribution in [0.2, 0.25) is 0 Å². The van der Waals surface area contributed by atoms with Crippen molar-refractivity contribution in [1.82, 2.24) is 73.4 Å². The van der Waals surface area contributed by atoms with Gasteiger partial charge in [-0.3, -0.25) is 28.1 Å². The van der Waals surface area contributed by atoms with Crippen molar-refractivity contribution in [2.75, 3.05) is 75.2 Å². The highest BCUT2D eigenvalue weighted by molar-refractivity contribution is 5.78. The van der Waals surface area contributed by atoms with E-state index >= 15 is 8.78 Å². The molecule has 0 unspecified atom stereocenters. The molecule has 0 bridgehead atoms. The Hall–Kier alpha value is -10.5. The van der Waals surface area contributed by atoms with Gasteiger partial charge in [0.15, 0.2) is 17.5 Å². The number of anilines is 6. The van der Waals surface area contributed by atoms with E-state index in [1.807, 2.05) is 33.4 Å². The minimum absolute atomic E-state index is 0.0128. The Bertz CT molecular complexity index is 4500. The third-order valence-corrected chi connectivity index (χ3v) is 18.8. The Morgan fingerprint density at radius 3 is 1.18 bits per heavy atom. The number of urea groups is 3. The van der Waals surface area contributed by atoms with Crippen molar-refractivity contribution in [3.05, 3.63) is 142 Å². The molecule has 6 aliphatic rings. The van der Waals surface area contributed by atoms with E-state index in [9.17, 15) is 36.3 Å². The lowest BCUT2D eigenvalue weighted by molar-refractivity contribution is 0.0652. The topological polar surface area (TPSA) is 310 Å². The van der Waals surface area contributed by atoms with E-state index in [1.165, 1.54) is 37.6 Å². The average molecular weight is 1390 g/mol. The molecular weight excluding hydrogens is 1320 g/mol. The summed E-state index contributed by atoms with van der Waals surface area (Å²) < 4.78 is 128. The van der Waals surface area contributed by atoms with Crippen LogP contribution < -0.4 is 33.2 Å². The molecule has 528 valence electrons. The first-order chi connectivity index (χ1) is 48.1. The normalized spacial score (nSPS) is 17.5. The highest BCUT2D eigenvalue weighted by atomic mass is 19.3. The number of carbonyl (C=O) groups excluding carboxylic acids is 3. The maximum atomic E-state index is 15.2. The Morgan fingerprint density at radius 2 is 0.830 bits per heavy atom. The van der Waals surface area contributed by atoms with E-state index in [1.54, 1.807) is 48.3 Å². The first-order valence-corrected chi connectivity index (χ1v) is 32.6. The number of fused-ring (bicyclic) bond motifs is 3. The minimum atomic E-state index is -2.83. The number of aromatic nitrogens is 12. The molecule has 0 saturated carbocycles. The van der Waals surface area contributed by atoms with Gasteiger partial charge in [-0.15, -0.1) is 0 Å². The van der Waals surface area contributed by atoms with Gasteiger partial charge in [-0.25, -0.2) is 45.1 Å². The number of rotatable bonds is 14. The molecule has 100 heavy (non-hydrogen) atoms. The Labute approximate surface area is 567 Å². The fraction of sp³-hybridized carbons (Fsp3) is 0.409. The number of amides is 6. The van der Waals surface area contributed by atoms with Crippen LogP contribution in [0.3, 0.4) is 0 Å². The molecule has 3 saturated heterocycles. The second-order valence-corrected chi connectivity index (χ2v) is 25.3. The molecule has 3 aromatic carbocycles. The van der Waals surface area contributed by atoms with Crippen molar-refractivity contribution >= 4 is 52.6 Å². The van der Waals surface area contributed by atoms with Crippen molar-refractivity contribution in [3.63, 3.8) is 0 Å². The number of nitrogens with two attached hydrogens (primary N) is 3. The van der Waals surface area contributed by atoms with E-state index in [0.717, 1.165) is 83.7 Å². The van der Waals surface area contributed by atoms with E-state index in [-0.39, 0.29) is 64.8 Å². The minimum Gasteiger partial charge on any atom is -0.381 e. The lowest BCUT2D eigenvalue weighted by atomic mass is 10.0. The Kier molecular flexibility index (Phi) is 19.6. The number of hydrogen-bond acceptors (Lipinski definition) is 15. The number of halogens is 7. The molecule has 6 amide bonds. The second-order valence-electron chi connectivity index (χ2n) is 25.3. The van der Waals surface area contributed by atoms with Crippen molar-refractivity contribution in [2.24, 2.45) is 38.3 Å². The van der Waals surface area contributed by atoms with Crippen LogP contribution in [0, 0.1) is 17.5 Å². The van der Waals surface area contributed by atoms with Gasteiger partial charge in [0.2, 0.25) is 0 Å². The molecule has 12 heterocycles. The maximum Gasteiger partial charge on any atom is 0.315 e. The third-order valence-electron chi connectivity index (χ3n) is 18.8. The molecule has 0 radical (unpaired) electrons. The van der Waals surface area contributed by atoms with Gasteiger partial charge in [-0.05, 0) is 78.8 Å². The number of benzene rings is 3. The molecule has 34 heteroatoms. The zero-order chi connectivity index (χ0) is 70.2. The standard InChI is InChI=1S/C23H26F3N7O2.C22H24F3N7O2.C21H24FN7O2/c1-31-11-13(10-28-31)15-8-18(24)19(9-16(15)21(25)26)29-22-17-12-32(23(27)34)5-2-20(17)33(30-22)14-3-6-35-7-4-14;1-30-9-12(8-27-30)14-6-17(23)18(7-15(14)20(24)25)28-21-16-10-31(22(26)33)4-2-19(16)32(29-21)13-3-5-34-11-13;1-27-10-14(9-24-27)13-2-3-18(17(22)8-13)25-20-16-11-28(21(23)30)6-4-19(16)29(26-20)15-5-7-31-12-15/h8-11,14,21H,2-7,12H2,1H3,(H2,27,34)(H,29,30);6-9,13,20H,2-5,10-11H2,1H3,(H2,26,33)(H,28,29);2-3,8-10,15H,4-7,11-12H2,1H3,(H2,23,30)(H,25,26)/t;13-;15-/m.00/s1. The monoisotopic (exact) mass is 1390 g/mol. The van der Waals surface area contributed by atoms with Crippen LogP contribution in [0.15, 0.2) is 79.6 Å². The fourth-order valence-electron chi connectivity index (χ4n) is 13.6. The van der Waals surface area contributed by atoms with Crippen LogP contribution in [0.25, 0.3) is 33.4 Å². The SMILES string of the molecule is Cn1cc(-c2cc(F)c(Nc3nn(C4CCOCC4)c4c3CN(C(N)=O)CC4)cc2C(F)F)cn1.Cn1cc(-c2cc(F)c(Nc3nn([C@H]4CCOC4)c4c3CN(C(N)=O)CC4)cc2C(F)F)cn1.Cn1cc(-c2ccc(Nc3nn([C@H]4CCOC4)c4c3CN(C(N)=O)CC4)c(F)c2)cn1. The van der Waals surface area contributed by atoms with Gasteiger partial charge >= 0.3 is 18.1 Å². The van der Waals surface area contributed by atoms with Crippen molar-refractivity contribution in [2.45, 2.75) is 95.6 Å². The van der Waals surface area contributed by atoms with Crippen LogP contribution in [0.1, 0.15) is 102 Å². The number of alkyl halides is 4. The van der Waals surface area contributed by atoms with Gasteiger partial charge in [0.25, 0.3) is 12.9 Å². The highest BCUT2D eigenvalue weighted by Gasteiger charge is 2.35. The molecule has 6 aliphatic heterocycles. The van der Waals surface area contributed by atoms with Crippen LogP contribution in [-0.2, 0) is 74.3 Å². The number of hydrogen-bond donors (Lipinski definition) is 6. The molecule has 15 rings (SSSR count). The molecule has 27 nitrogen and oxygen atoms in total. The zero-order valence-corrected chi connectivity index (χ0v) is 54.9. The van der Waals surface area contributed by atoms with Crippen LogP contribution >= 0.6 is 0 Å². The van der Waals surface area contributed by atoms with Gasteiger partial charge in [-0.1, -0.05) is 6.07 Å².